The zero-order valence-corrected chi connectivity index (χ0v) is 13.0. The predicted octanol–water partition coefficient (Wildman–Crippen LogP) is 1.96. The summed E-state index contributed by atoms with van der Waals surface area (Å²) < 4.78 is 0. The zero-order chi connectivity index (χ0) is 14.7. The SMILES string of the molecule is CCc1nc(Cl)c(C)c(N2CCC(C(=O)NC)CC2)n1. The summed E-state index contributed by atoms with van der Waals surface area (Å²) in [6.07, 6.45) is 2.46. The summed E-state index contributed by atoms with van der Waals surface area (Å²) in [5.41, 5.74) is 0.919. The highest BCUT2D eigenvalue weighted by Gasteiger charge is 2.26. The number of rotatable bonds is 3. The van der Waals surface area contributed by atoms with Crippen molar-refractivity contribution in [2.75, 3.05) is 25.0 Å². The van der Waals surface area contributed by atoms with Gasteiger partial charge in [-0.05, 0) is 19.8 Å². The van der Waals surface area contributed by atoms with Crippen molar-refractivity contribution in [3.63, 3.8) is 0 Å². The molecule has 5 nitrogen and oxygen atoms in total. The van der Waals surface area contributed by atoms with E-state index in [4.69, 9.17) is 11.6 Å². The molecule has 1 saturated heterocycles. The molecule has 0 atom stereocenters. The average molecular weight is 297 g/mol. The van der Waals surface area contributed by atoms with Gasteiger partial charge in [-0.15, -0.1) is 0 Å². The molecule has 1 fully saturated rings. The molecule has 0 aliphatic carbocycles. The van der Waals surface area contributed by atoms with Crippen molar-refractivity contribution in [3.8, 4) is 0 Å². The van der Waals surface area contributed by atoms with E-state index in [2.05, 4.69) is 20.2 Å². The van der Waals surface area contributed by atoms with Crippen LogP contribution in [0.5, 0.6) is 0 Å². The molecule has 0 radical (unpaired) electrons. The molecule has 0 aromatic carbocycles. The number of aryl methyl sites for hydroxylation is 1. The van der Waals surface area contributed by atoms with Gasteiger partial charge in [0.1, 0.15) is 16.8 Å². The maximum Gasteiger partial charge on any atom is 0.222 e. The van der Waals surface area contributed by atoms with Crippen molar-refractivity contribution in [2.45, 2.75) is 33.1 Å². The normalized spacial score (nSPS) is 16.3. The molecule has 0 bridgehead atoms. The molecule has 1 N–H and O–H groups in total. The number of halogens is 1. The van der Waals surface area contributed by atoms with Gasteiger partial charge in [0.25, 0.3) is 0 Å². The molecule has 6 heteroatoms. The van der Waals surface area contributed by atoms with Crippen LogP contribution < -0.4 is 10.2 Å². The minimum absolute atomic E-state index is 0.111. The lowest BCUT2D eigenvalue weighted by atomic mass is 9.96. The molecule has 0 spiro atoms. The highest BCUT2D eigenvalue weighted by molar-refractivity contribution is 6.30. The van der Waals surface area contributed by atoms with Crippen molar-refractivity contribution < 1.29 is 4.79 Å². The number of hydrogen-bond donors (Lipinski definition) is 1. The number of hydrogen-bond acceptors (Lipinski definition) is 4. The van der Waals surface area contributed by atoms with E-state index in [1.807, 2.05) is 13.8 Å². The van der Waals surface area contributed by atoms with Gasteiger partial charge in [-0.1, -0.05) is 18.5 Å². The third-order valence-electron chi connectivity index (χ3n) is 3.83. The molecule has 1 aliphatic rings. The summed E-state index contributed by atoms with van der Waals surface area (Å²) in [5.74, 6) is 1.93. The van der Waals surface area contributed by atoms with Gasteiger partial charge in [0.15, 0.2) is 0 Å². The van der Waals surface area contributed by atoms with Gasteiger partial charge in [0.05, 0.1) is 0 Å². The van der Waals surface area contributed by atoms with E-state index < -0.39 is 0 Å². The van der Waals surface area contributed by atoms with Crippen molar-refractivity contribution in [2.24, 2.45) is 5.92 Å². The molecule has 0 unspecified atom stereocenters. The van der Waals surface area contributed by atoms with Crippen LogP contribution in [0, 0.1) is 12.8 Å². The van der Waals surface area contributed by atoms with E-state index in [1.54, 1.807) is 7.05 Å². The summed E-state index contributed by atoms with van der Waals surface area (Å²) in [5, 5.41) is 3.25. The van der Waals surface area contributed by atoms with E-state index in [1.165, 1.54) is 0 Å². The number of nitrogens with one attached hydrogen (secondary N) is 1. The molecule has 2 heterocycles. The molecule has 110 valence electrons. The fraction of sp³-hybridized carbons (Fsp3) is 0.643. The van der Waals surface area contributed by atoms with Gasteiger partial charge in [-0.25, -0.2) is 9.97 Å². The lowest BCUT2D eigenvalue weighted by molar-refractivity contribution is -0.125. The minimum Gasteiger partial charge on any atom is -0.359 e. The highest BCUT2D eigenvalue weighted by atomic mass is 35.5. The van der Waals surface area contributed by atoms with E-state index in [0.717, 1.165) is 49.6 Å². The second-order valence-corrected chi connectivity index (χ2v) is 5.47. The first-order valence-corrected chi connectivity index (χ1v) is 7.44. The van der Waals surface area contributed by atoms with Gasteiger partial charge in [0.2, 0.25) is 5.91 Å². The van der Waals surface area contributed by atoms with Crippen LogP contribution in [0.2, 0.25) is 5.15 Å². The fourth-order valence-electron chi connectivity index (χ4n) is 2.54. The highest BCUT2D eigenvalue weighted by Crippen LogP contribution is 2.27. The van der Waals surface area contributed by atoms with Crippen molar-refractivity contribution in [1.29, 1.82) is 0 Å². The second kappa shape index (κ2) is 6.39. The van der Waals surface area contributed by atoms with E-state index >= 15 is 0 Å². The molecule has 1 aliphatic heterocycles. The Hall–Kier alpha value is -1.36. The number of piperidine rings is 1. The van der Waals surface area contributed by atoms with Crippen molar-refractivity contribution in [3.05, 3.63) is 16.5 Å². The number of nitrogens with zero attached hydrogens (tertiary/aromatic N) is 3. The molecule has 1 aromatic heterocycles. The number of carbonyl (C=O) groups is 1. The monoisotopic (exact) mass is 296 g/mol. The third-order valence-corrected chi connectivity index (χ3v) is 4.20. The van der Waals surface area contributed by atoms with Gasteiger partial charge >= 0.3 is 0 Å². The Morgan fingerprint density at radius 3 is 2.60 bits per heavy atom. The maximum atomic E-state index is 11.7. The van der Waals surface area contributed by atoms with Crippen molar-refractivity contribution >= 4 is 23.3 Å². The summed E-state index contributed by atoms with van der Waals surface area (Å²) >= 11 is 6.18. The van der Waals surface area contributed by atoms with E-state index in [0.29, 0.717) is 5.15 Å². The number of aromatic nitrogens is 2. The first-order valence-electron chi connectivity index (χ1n) is 7.06. The Labute approximate surface area is 124 Å². The number of anilines is 1. The number of amides is 1. The van der Waals surface area contributed by atoms with Gasteiger partial charge in [-0.2, -0.15) is 0 Å². The Balaban J connectivity index is 2.14. The largest absolute Gasteiger partial charge is 0.359 e. The topological polar surface area (TPSA) is 58.1 Å². The molecule has 1 amide bonds. The minimum atomic E-state index is 0.111. The maximum absolute atomic E-state index is 11.7. The standard InChI is InChI=1S/C14H21ClN4O/c1-4-11-17-12(15)9(2)13(18-11)19-7-5-10(6-8-19)14(20)16-3/h10H,4-8H2,1-3H3,(H,16,20). The summed E-state index contributed by atoms with van der Waals surface area (Å²) in [7, 11) is 1.69. The molecular formula is C14H21ClN4O. The Bertz CT molecular complexity index is 498. The summed E-state index contributed by atoms with van der Waals surface area (Å²) in [6, 6.07) is 0. The zero-order valence-electron chi connectivity index (χ0n) is 12.2. The van der Waals surface area contributed by atoms with Crippen LogP contribution in [-0.2, 0) is 11.2 Å². The molecule has 1 aromatic rings. The fourth-order valence-corrected chi connectivity index (χ4v) is 2.73. The van der Waals surface area contributed by atoms with Crippen LogP contribution in [0.3, 0.4) is 0 Å². The smallest absolute Gasteiger partial charge is 0.222 e. The van der Waals surface area contributed by atoms with Crippen LogP contribution in [-0.4, -0.2) is 36.0 Å². The Morgan fingerprint density at radius 2 is 2.05 bits per heavy atom. The Morgan fingerprint density at radius 1 is 1.40 bits per heavy atom. The summed E-state index contributed by atoms with van der Waals surface area (Å²) in [4.78, 5) is 22.7. The third kappa shape index (κ3) is 3.03. The van der Waals surface area contributed by atoms with Crippen LogP contribution in [0.1, 0.15) is 31.2 Å². The van der Waals surface area contributed by atoms with Crippen LogP contribution in [0.4, 0.5) is 5.82 Å². The molecule has 20 heavy (non-hydrogen) atoms. The van der Waals surface area contributed by atoms with E-state index in [9.17, 15) is 4.79 Å². The van der Waals surface area contributed by atoms with Gasteiger partial charge < -0.3 is 10.2 Å². The average Bonchev–Trinajstić information content (AvgIpc) is 2.49. The van der Waals surface area contributed by atoms with Crippen LogP contribution in [0.15, 0.2) is 0 Å². The molecule has 0 saturated carbocycles. The van der Waals surface area contributed by atoms with Crippen molar-refractivity contribution in [1.82, 2.24) is 15.3 Å². The predicted molar refractivity (Wildman–Crippen MR) is 80.2 cm³/mol. The van der Waals surface area contributed by atoms with Gasteiger partial charge in [0, 0.05) is 38.0 Å². The summed E-state index contributed by atoms with van der Waals surface area (Å²) in [6.45, 7) is 5.62. The first-order chi connectivity index (χ1) is 9.56. The lowest BCUT2D eigenvalue weighted by Gasteiger charge is -2.33. The first kappa shape index (κ1) is 15.0. The van der Waals surface area contributed by atoms with Crippen LogP contribution in [0.25, 0.3) is 0 Å². The van der Waals surface area contributed by atoms with Gasteiger partial charge in [-0.3, -0.25) is 4.79 Å². The molecular weight excluding hydrogens is 276 g/mol. The van der Waals surface area contributed by atoms with Crippen LogP contribution >= 0.6 is 11.6 Å². The quantitative estimate of drug-likeness (QED) is 0.866. The second-order valence-electron chi connectivity index (χ2n) is 5.11. The lowest BCUT2D eigenvalue weighted by Crippen LogP contribution is -2.40. The molecule has 2 rings (SSSR count). The number of carbonyl (C=O) groups excluding carboxylic acids is 1. The van der Waals surface area contributed by atoms with E-state index in [-0.39, 0.29) is 11.8 Å². The Kier molecular flexibility index (Phi) is 4.81.